The van der Waals surface area contributed by atoms with Crippen LogP contribution in [0.5, 0.6) is 0 Å². The maximum Gasteiger partial charge on any atom is 0.131 e. The van der Waals surface area contributed by atoms with Gasteiger partial charge in [-0.05, 0) is 19.3 Å². The first-order valence-electron chi connectivity index (χ1n) is 5.47. The standard InChI is InChI=1S/C11H18ClN3/c1-8-4-5-15(7-8)11-10(6-12)9(2)13-14(11)3/h8H,4-7H2,1-3H3. The van der Waals surface area contributed by atoms with Gasteiger partial charge in [0, 0.05) is 25.7 Å². The lowest BCUT2D eigenvalue weighted by Gasteiger charge is -2.19. The number of anilines is 1. The predicted molar refractivity (Wildman–Crippen MR) is 63.5 cm³/mol. The van der Waals surface area contributed by atoms with E-state index in [1.165, 1.54) is 17.8 Å². The minimum absolute atomic E-state index is 0.555. The summed E-state index contributed by atoms with van der Waals surface area (Å²) < 4.78 is 1.96. The van der Waals surface area contributed by atoms with Crippen LogP contribution in [0.15, 0.2) is 0 Å². The van der Waals surface area contributed by atoms with Crippen LogP contribution < -0.4 is 4.90 Å². The van der Waals surface area contributed by atoms with Gasteiger partial charge in [0.05, 0.1) is 11.6 Å². The second kappa shape index (κ2) is 4.05. The first kappa shape index (κ1) is 10.8. The molecule has 0 amide bonds. The van der Waals surface area contributed by atoms with Crippen molar-refractivity contribution in [3.63, 3.8) is 0 Å². The SMILES string of the molecule is Cc1nn(C)c(N2CCC(C)C2)c1CCl. The summed E-state index contributed by atoms with van der Waals surface area (Å²) in [5.74, 6) is 2.55. The normalized spacial score (nSPS) is 21.3. The van der Waals surface area contributed by atoms with Crippen LogP contribution in [0.1, 0.15) is 24.6 Å². The number of hydrogen-bond acceptors (Lipinski definition) is 2. The second-order valence-electron chi connectivity index (χ2n) is 4.48. The third-order valence-electron chi connectivity index (χ3n) is 3.17. The molecule has 1 unspecified atom stereocenters. The molecule has 1 atom stereocenters. The van der Waals surface area contributed by atoms with Gasteiger partial charge in [0.2, 0.25) is 0 Å². The van der Waals surface area contributed by atoms with E-state index in [-0.39, 0.29) is 0 Å². The maximum atomic E-state index is 5.99. The molecule has 3 nitrogen and oxygen atoms in total. The zero-order chi connectivity index (χ0) is 11.0. The van der Waals surface area contributed by atoms with Crippen LogP contribution in [0.3, 0.4) is 0 Å². The van der Waals surface area contributed by atoms with E-state index in [2.05, 4.69) is 16.9 Å². The van der Waals surface area contributed by atoms with Crippen molar-refractivity contribution in [3.05, 3.63) is 11.3 Å². The Morgan fingerprint density at radius 2 is 2.27 bits per heavy atom. The first-order chi connectivity index (χ1) is 7.13. The minimum atomic E-state index is 0.555. The molecule has 0 saturated carbocycles. The van der Waals surface area contributed by atoms with E-state index >= 15 is 0 Å². The Balaban J connectivity index is 2.34. The minimum Gasteiger partial charge on any atom is -0.356 e. The Labute approximate surface area is 96.0 Å². The van der Waals surface area contributed by atoms with E-state index in [4.69, 9.17) is 11.6 Å². The molecular weight excluding hydrogens is 210 g/mol. The van der Waals surface area contributed by atoms with Crippen LogP contribution in [-0.4, -0.2) is 22.9 Å². The third kappa shape index (κ3) is 1.85. The van der Waals surface area contributed by atoms with Crippen molar-refractivity contribution in [1.29, 1.82) is 0 Å². The van der Waals surface area contributed by atoms with Gasteiger partial charge in [-0.1, -0.05) is 6.92 Å². The van der Waals surface area contributed by atoms with Gasteiger partial charge >= 0.3 is 0 Å². The summed E-state index contributed by atoms with van der Waals surface area (Å²) >= 11 is 5.99. The van der Waals surface area contributed by atoms with Gasteiger partial charge < -0.3 is 4.90 Å². The van der Waals surface area contributed by atoms with E-state index in [9.17, 15) is 0 Å². The Morgan fingerprint density at radius 3 is 2.80 bits per heavy atom. The first-order valence-corrected chi connectivity index (χ1v) is 6.00. The number of nitrogens with zero attached hydrogens (tertiary/aromatic N) is 3. The van der Waals surface area contributed by atoms with E-state index in [0.717, 1.165) is 24.7 Å². The van der Waals surface area contributed by atoms with Gasteiger partial charge in [-0.2, -0.15) is 5.10 Å². The monoisotopic (exact) mass is 227 g/mol. The number of aryl methyl sites for hydroxylation is 2. The maximum absolute atomic E-state index is 5.99. The molecule has 0 bridgehead atoms. The molecule has 2 heterocycles. The predicted octanol–water partition coefficient (Wildman–Crippen LogP) is 2.31. The summed E-state index contributed by atoms with van der Waals surface area (Å²) in [6.07, 6.45) is 1.27. The molecule has 0 aromatic carbocycles. The van der Waals surface area contributed by atoms with Crippen LogP contribution in [0.25, 0.3) is 0 Å². The molecule has 1 aromatic heterocycles. The average Bonchev–Trinajstić information content (AvgIpc) is 2.70. The summed E-state index contributed by atoms with van der Waals surface area (Å²) in [6.45, 7) is 6.58. The molecule has 0 aliphatic carbocycles. The van der Waals surface area contributed by atoms with Gasteiger partial charge in [0.1, 0.15) is 5.82 Å². The number of alkyl halides is 1. The summed E-state index contributed by atoms with van der Waals surface area (Å²) in [7, 11) is 2.00. The molecule has 2 rings (SSSR count). The number of hydrogen-bond donors (Lipinski definition) is 0. The number of aromatic nitrogens is 2. The van der Waals surface area contributed by atoms with Crippen LogP contribution in [0.4, 0.5) is 5.82 Å². The van der Waals surface area contributed by atoms with E-state index in [1.807, 2.05) is 18.7 Å². The van der Waals surface area contributed by atoms with E-state index < -0.39 is 0 Å². The molecule has 1 saturated heterocycles. The molecule has 4 heteroatoms. The van der Waals surface area contributed by atoms with Crippen molar-refractivity contribution in [2.24, 2.45) is 13.0 Å². The highest BCUT2D eigenvalue weighted by molar-refractivity contribution is 6.17. The fraction of sp³-hybridized carbons (Fsp3) is 0.727. The van der Waals surface area contributed by atoms with Gasteiger partial charge in [-0.15, -0.1) is 11.6 Å². The highest BCUT2D eigenvalue weighted by atomic mass is 35.5. The van der Waals surface area contributed by atoms with Gasteiger partial charge in [-0.25, -0.2) is 0 Å². The summed E-state index contributed by atoms with van der Waals surface area (Å²) in [5, 5.41) is 4.44. The van der Waals surface area contributed by atoms with Crippen molar-refractivity contribution in [2.75, 3.05) is 18.0 Å². The molecule has 15 heavy (non-hydrogen) atoms. The van der Waals surface area contributed by atoms with Crippen LogP contribution in [0.2, 0.25) is 0 Å². The number of rotatable bonds is 2. The Morgan fingerprint density at radius 1 is 1.53 bits per heavy atom. The van der Waals surface area contributed by atoms with Crippen molar-refractivity contribution >= 4 is 17.4 Å². The van der Waals surface area contributed by atoms with Gasteiger partial charge in [-0.3, -0.25) is 4.68 Å². The molecule has 1 fully saturated rings. The second-order valence-corrected chi connectivity index (χ2v) is 4.75. The molecular formula is C11H18ClN3. The molecule has 84 valence electrons. The average molecular weight is 228 g/mol. The van der Waals surface area contributed by atoms with E-state index in [0.29, 0.717) is 5.88 Å². The Hall–Kier alpha value is -0.700. The fourth-order valence-corrected chi connectivity index (χ4v) is 2.68. The Kier molecular flexibility index (Phi) is 2.91. The zero-order valence-corrected chi connectivity index (χ0v) is 10.4. The lowest BCUT2D eigenvalue weighted by molar-refractivity contribution is 0.655. The molecule has 0 radical (unpaired) electrons. The summed E-state index contributed by atoms with van der Waals surface area (Å²) in [5.41, 5.74) is 2.25. The summed E-state index contributed by atoms with van der Waals surface area (Å²) in [4.78, 5) is 2.41. The zero-order valence-electron chi connectivity index (χ0n) is 9.63. The van der Waals surface area contributed by atoms with Crippen molar-refractivity contribution in [3.8, 4) is 0 Å². The smallest absolute Gasteiger partial charge is 0.131 e. The topological polar surface area (TPSA) is 21.1 Å². The molecule has 1 aromatic rings. The molecule has 1 aliphatic rings. The van der Waals surface area contributed by atoms with Crippen molar-refractivity contribution in [2.45, 2.75) is 26.1 Å². The highest BCUT2D eigenvalue weighted by Crippen LogP contribution is 2.29. The molecule has 1 aliphatic heterocycles. The lowest BCUT2D eigenvalue weighted by Crippen LogP contribution is -2.22. The summed E-state index contributed by atoms with van der Waals surface area (Å²) in [6, 6.07) is 0. The van der Waals surface area contributed by atoms with Crippen molar-refractivity contribution < 1.29 is 0 Å². The quantitative estimate of drug-likeness (QED) is 0.723. The van der Waals surface area contributed by atoms with Crippen LogP contribution in [0, 0.1) is 12.8 Å². The number of halogens is 1. The van der Waals surface area contributed by atoms with Crippen LogP contribution >= 0.6 is 11.6 Å². The lowest BCUT2D eigenvalue weighted by atomic mass is 10.2. The highest BCUT2D eigenvalue weighted by Gasteiger charge is 2.24. The third-order valence-corrected chi connectivity index (χ3v) is 3.44. The Bertz CT molecular complexity index is 359. The van der Waals surface area contributed by atoms with E-state index in [1.54, 1.807) is 0 Å². The van der Waals surface area contributed by atoms with Crippen LogP contribution in [-0.2, 0) is 12.9 Å². The fourth-order valence-electron chi connectivity index (χ4n) is 2.37. The van der Waals surface area contributed by atoms with Gasteiger partial charge in [0.15, 0.2) is 0 Å². The van der Waals surface area contributed by atoms with Gasteiger partial charge in [0.25, 0.3) is 0 Å². The largest absolute Gasteiger partial charge is 0.356 e. The molecule has 0 N–H and O–H groups in total. The van der Waals surface area contributed by atoms with Crippen molar-refractivity contribution in [1.82, 2.24) is 9.78 Å². The molecule has 0 spiro atoms.